The standard InChI is InChI=1S/C22H24ClN3O4S2/c1-30-14-13-26(22-24-19-6-2-3-7-20(19)31-22)21(27)16-5-4-12-25(15-16)32(28,29)18-10-8-17(23)9-11-18/h2-3,6-11,16H,4-5,12-15H2,1H3. The van der Waals surface area contributed by atoms with Crippen LogP contribution in [0, 0.1) is 5.92 Å². The number of benzene rings is 2. The van der Waals surface area contributed by atoms with Crippen LogP contribution in [0.2, 0.25) is 5.02 Å². The van der Waals surface area contributed by atoms with Crippen molar-refractivity contribution >= 4 is 54.2 Å². The molecule has 1 atom stereocenters. The van der Waals surface area contributed by atoms with Crippen LogP contribution in [0.4, 0.5) is 5.13 Å². The van der Waals surface area contributed by atoms with E-state index in [9.17, 15) is 13.2 Å². The zero-order valence-corrected chi connectivity index (χ0v) is 20.0. The predicted molar refractivity (Wildman–Crippen MR) is 127 cm³/mol. The highest BCUT2D eigenvalue weighted by Gasteiger charge is 2.36. The predicted octanol–water partition coefficient (Wildman–Crippen LogP) is 4.03. The minimum Gasteiger partial charge on any atom is -0.383 e. The molecule has 32 heavy (non-hydrogen) atoms. The number of halogens is 1. The number of carbonyl (C=O) groups is 1. The zero-order chi connectivity index (χ0) is 22.7. The van der Waals surface area contributed by atoms with Crippen molar-refractivity contribution in [1.29, 1.82) is 0 Å². The number of thiazole rings is 1. The summed E-state index contributed by atoms with van der Waals surface area (Å²) in [7, 11) is -2.12. The molecule has 0 saturated carbocycles. The molecular weight excluding hydrogens is 470 g/mol. The molecule has 170 valence electrons. The molecule has 0 N–H and O–H groups in total. The lowest BCUT2D eigenvalue weighted by Gasteiger charge is -2.33. The van der Waals surface area contributed by atoms with Crippen molar-refractivity contribution in [3.8, 4) is 0 Å². The summed E-state index contributed by atoms with van der Waals surface area (Å²) in [6.07, 6.45) is 1.24. The Bertz CT molecular complexity index is 1160. The lowest BCUT2D eigenvalue weighted by atomic mass is 9.98. The van der Waals surface area contributed by atoms with E-state index in [-0.39, 0.29) is 17.3 Å². The van der Waals surface area contributed by atoms with Gasteiger partial charge in [0.1, 0.15) is 0 Å². The molecule has 1 saturated heterocycles. The SMILES string of the molecule is COCCN(C(=O)C1CCCN(S(=O)(=O)c2ccc(Cl)cc2)C1)c1nc2ccccc2s1. The molecule has 0 spiro atoms. The summed E-state index contributed by atoms with van der Waals surface area (Å²) < 4.78 is 33.9. The van der Waals surface area contributed by atoms with E-state index in [0.29, 0.717) is 42.7 Å². The molecule has 7 nitrogen and oxygen atoms in total. The van der Waals surface area contributed by atoms with E-state index in [2.05, 4.69) is 4.98 Å². The normalized spacial score (nSPS) is 17.5. The van der Waals surface area contributed by atoms with Gasteiger partial charge >= 0.3 is 0 Å². The van der Waals surface area contributed by atoms with E-state index >= 15 is 0 Å². The third-order valence-electron chi connectivity index (χ3n) is 5.48. The van der Waals surface area contributed by atoms with Gasteiger partial charge in [-0.05, 0) is 49.2 Å². The number of ether oxygens (including phenoxy) is 1. The van der Waals surface area contributed by atoms with Crippen LogP contribution in [0.15, 0.2) is 53.4 Å². The third-order valence-corrected chi connectivity index (χ3v) is 8.67. The minimum absolute atomic E-state index is 0.128. The maximum Gasteiger partial charge on any atom is 0.243 e. The van der Waals surface area contributed by atoms with Crippen LogP contribution in [-0.2, 0) is 19.6 Å². The molecule has 3 aromatic rings. The number of piperidine rings is 1. The van der Waals surface area contributed by atoms with Crippen molar-refractivity contribution in [1.82, 2.24) is 9.29 Å². The fourth-order valence-electron chi connectivity index (χ4n) is 3.80. The molecule has 0 bridgehead atoms. The summed E-state index contributed by atoms with van der Waals surface area (Å²) >= 11 is 7.35. The van der Waals surface area contributed by atoms with Crippen molar-refractivity contribution in [3.05, 3.63) is 53.6 Å². The van der Waals surface area contributed by atoms with Gasteiger partial charge in [0.15, 0.2) is 5.13 Å². The van der Waals surface area contributed by atoms with E-state index < -0.39 is 15.9 Å². The molecule has 10 heteroatoms. The van der Waals surface area contributed by atoms with Gasteiger partial charge in [-0.3, -0.25) is 9.69 Å². The number of sulfonamides is 1. The van der Waals surface area contributed by atoms with Crippen LogP contribution < -0.4 is 4.90 Å². The summed E-state index contributed by atoms with van der Waals surface area (Å²) in [6, 6.07) is 13.8. The molecular formula is C22H24ClN3O4S2. The Kier molecular flexibility index (Phi) is 7.11. The number of carbonyl (C=O) groups excluding carboxylic acids is 1. The Labute approximate surface area is 196 Å². The second-order valence-corrected chi connectivity index (χ2v) is 11.0. The molecule has 1 amide bonds. The fourth-order valence-corrected chi connectivity index (χ4v) is 6.44. The van der Waals surface area contributed by atoms with Crippen LogP contribution in [-0.4, -0.2) is 57.0 Å². The zero-order valence-electron chi connectivity index (χ0n) is 17.6. The average molecular weight is 494 g/mol. The van der Waals surface area contributed by atoms with Gasteiger partial charge in [-0.15, -0.1) is 0 Å². The van der Waals surface area contributed by atoms with Gasteiger partial charge in [0.25, 0.3) is 0 Å². The van der Waals surface area contributed by atoms with Crippen LogP contribution >= 0.6 is 22.9 Å². The quantitative estimate of drug-likeness (QED) is 0.496. The van der Waals surface area contributed by atoms with Gasteiger partial charge in [-0.1, -0.05) is 35.1 Å². The first-order valence-electron chi connectivity index (χ1n) is 10.3. The Hall–Kier alpha value is -2.04. The Balaban J connectivity index is 1.57. The number of nitrogens with zero attached hydrogens (tertiary/aromatic N) is 3. The highest BCUT2D eigenvalue weighted by molar-refractivity contribution is 7.89. The first kappa shape index (κ1) is 23.1. The third kappa shape index (κ3) is 4.82. The molecule has 1 fully saturated rings. The van der Waals surface area contributed by atoms with Gasteiger partial charge in [0.05, 0.1) is 34.2 Å². The number of amides is 1. The second kappa shape index (κ2) is 9.84. The fraction of sp³-hybridized carbons (Fsp3) is 0.364. The maximum absolute atomic E-state index is 13.5. The van der Waals surface area contributed by atoms with Gasteiger partial charge in [-0.25, -0.2) is 13.4 Å². The second-order valence-electron chi connectivity index (χ2n) is 7.60. The van der Waals surface area contributed by atoms with Crippen molar-refractivity contribution < 1.29 is 17.9 Å². The Morgan fingerprint density at radius 1 is 1.25 bits per heavy atom. The molecule has 1 aliphatic rings. The lowest BCUT2D eigenvalue weighted by molar-refractivity contribution is -0.123. The molecule has 4 rings (SSSR count). The number of hydrogen-bond acceptors (Lipinski definition) is 6. The average Bonchev–Trinajstić information content (AvgIpc) is 3.23. The van der Waals surface area contributed by atoms with E-state index in [1.807, 2.05) is 24.3 Å². The summed E-state index contributed by atoms with van der Waals surface area (Å²) in [5.41, 5.74) is 0.832. The number of fused-ring (bicyclic) bond motifs is 1. The molecule has 0 aliphatic carbocycles. The van der Waals surface area contributed by atoms with Crippen LogP contribution in [0.1, 0.15) is 12.8 Å². The molecule has 1 aromatic heterocycles. The first-order valence-corrected chi connectivity index (χ1v) is 12.9. The largest absolute Gasteiger partial charge is 0.383 e. The molecule has 2 aromatic carbocycles. The van der Waals surface area contributed by atoms with E-state index in [1.54, 1.807) is 24.1 Å². The summed E-state index contributed by atoms with van der Waals surface area (Å²) in [5, 5.41) is 1.08. The number of aromatic nitrogens is 1. The molecule has 1 unspecified atom stereocenters. The smallest absolute Gasteiger partial charge is 0.243 e. The Morgan fingerprint density at radius 2 is 2.00 bits per heavy atom. The van der Waals surface area contributed by atoms with Gasteiger partial charge < -0.3 is 4.74 Å². The van der Waals surface area contributed by atoms with Crippen molar-refractivity contribution in [2.45, 2.75) is 17.7 Å². The van der Waals surface area contributed by atoms with Crippen LogP contribution in [0.3, 0.4) is 0 Å². The maximum atomic E-state index is 13.5. The van der Waals surface area contributed by atoms with Gasteiger partial charge in [0, 0.05) is 25.2 Å². The van der Waals surface area contributed by atoms with Crippen LogP contribution in [0.25, 0.3) is 10.2 Å². The molecule has 1 aliphatic heterocycles. The lowest BCUT2D eigenvalue weighted by Crippen LogP contribution is -2.47. The van der Waals surface area contributed by atoms with Crippen LogP contribution in [0.5, 0.6) is 0 Å². The van der Waals surface area contributed by atoms with E-state index in [0.717, 1.165) is 10.2 Å². The highest BCUT2D eigenvalue weighted by atomic mass is 35.5. The summed E-state index contributed by atoms with van der Waals surface area (Å²) in [6.45, 7) is 1.24. The first-order chi connectivity index (χ1) is 15.4. The number of hydrogen-bond donors (Lipinski definition) is 0. The van der Waals surface area contributed by atoms with Crippen molar-refractivity contribution in [2.24, 2.45) is 5.92 Å². The Morgan fingerprint density at radius 3 is 2.72 bits per heavy atom. The van der Waals surface area contributed by atoms with E-state index in [1.165, 1.54) is 27.8 Å². The number of methoxy groups -OCH3 is 1. The molecule has 0 radical (unpaired) electrons. The number of para-hydroxylation sites is 1. The number of rotatable bonds is 7. The van der Waals surface area contributed by atoms with Gasteiger partial charge in [-0.2, -0.15) is 4.31 Å². The topological polar surface area (TPSA) is 79.8 Å². The number of anilines is 1. The summed E-state index contributed by atoms with van der Waals surface area (Å²) in [4.78, 5) is 20.0. The van der Waals surface area contributed by atoms with Crippen molar-refractivity contribution in [3.63, 3.8) is 0 Å². The highest BCUT2D eigenvalue weighted by Crippen LogP contribution is 2.31. The summed E-state index contributed by atoms with van der Waals surface area (Å²) in [5.74, 6) is -0.577. The monoisotopic (exact) mass is 493 g/mol. The van der Waals surface area contributed by atoms with E-state index in [4.69, 9.17) is 16.3 Å². The van der Waals surface area contributed by atoms with Gasteiger partial charge in [0.2, 0.25) is 15.9 Å². The molecule has 2 heterocycles. The minimum atomic E-state index is -3.71. The van der Waals surface area contributed by atoms with Crippen molar-refractivity contribution in [2.75, 3.05) is 38.3 Å².